The van der Waals surface area contributed by atoms with Crippen LogP contribution in [0.1, 0.15) is 44.9 Å². The molecule has 0 spiro atoms. The summed E-state index contributed by atoms with van der Waals surface area (Å²) in [6.45, 7) is 0.860. The van der Waals surface area contributed by atoms with Crippen molar-refractivity contribution in [3.63, 3.8) is 0 Å². The Hall–Kier alpha value is -0.760. The van der Waals surface area contributed by atoms with Crippen LogP contribution in [0.5, 0.6) is 0 Å². The largest absolute Gasteiger partial charge is 0.501 e. The molecule has 1 aliphatic carbocycles. The third-order valence-electron chi connectivity index (χ3n) is 3.31. The molecule has 0 radical (unpaired) electrons. The molecule has 1 heterocycles. The van der Waals surface area contributed by atoms with Crippen LogP contribution in [0.4, 0.5) is 0 Å². The Balaban J connectivity index is 1.87. The molecule has 0 aromatic heterocycles. The predicted molar refractivity (Wildman–Crippen MR) is 62.4 cm³/mol. The highest BCUT2D eigenvalue weighted by Gasteiger charge is 2.15. The molecule has 1 aliphatic heterocycles. The first-order chi connectivity index (χ1) is 7.36. The van der Waals surface area contributed by atoms with Gasteiger partial charge in [-0.2, -0.15) is 0 Å². The Kier molecular flexibility index (Phi) is 3.84. The number of nitrogens with two attached hydrogens (primary N) is 1. The van der Waals surface area contributed by atoms with Gasteiger partial charge in [-0.15, -0.1) is 0 Å². The summed E-state index contributed by atoms with van der Waals surface area (Å²) < 4.78 is 5.33. The van der Waals surface area contributed by atoms with Crippen LogP contribution in [0.2, 0.25) is 0 Å². The summed E-state index contributed by atoms with van der Waals surface area (Å²) in [5.74, 6) is 0. The standard InChI is InChI=1S/C13H21NO/c14-13(12-7-4-8-15-10-12)9-11-5-2-1-3-6-11/h5,10,13H,1-4,6-9,14H2. The molecule has 0 amide bonds. The van der Waals surface area contributed by atoms with Crippen LogP contribution in [0.15, 0.2) is 23.5 Å². The van der Waals surface area contributed by atoms with Crippen LogP contribution < -0.4 is 5.73 Å². The lowest BCUT2D eigenvalue weighted by molar-refractivity contribution is 0.221. The molecule has 15 heavy (non-hydrogen) atoms. The molecule has 0 saturated carbocycles. The van der Waals surface area contributed by atoms with E-state index in [1.54, 1.807) is 5.57 Å². The zero-order chi connectivity index (χ0) is 10.5. The van der Waals surface area contributed by atoms with Gasteiger partial charge < -0.3 is 10.5 Å². The van der Waals surface area contributed by atoms with Crippen LogP contribution in [-0.4, -0.2) is 12.6 Å². The molecule has 0 fully saturated rings. The molecule has 0 aromatic rings. The van der Waals surface area contributed by atoms with Crippen molar-refractivity contribution >= 4 is 0 Å². The molecule has 84 valence electrons. The van der Waals surface area contributed by atoms with E-state index in [1.165, 1.54) is 31.3 Å². The van der Waals surface area contributed by atoms with Crippen molar-refractivity contribution in [3.05, 3.63) is 23.5 Å². The van der Waals surface area contributed by atoms with E-state index in [0.29, 0.717) is 0 Å². The minimum absolute atomic E-state index is 0.189. The van der Waals surface area contributed by atoms with E-state index in [0.717, 1.165) is 25.9 Å². The first-order valence-electron chi connectivity index (χ1n) is 6.10. The average Bonchev–Trinajstić information content (AvgIpc) is 2.31. The molecule has 1 unspecified atom stereocenters. The van der Waals surface area contributed by atoms with Gasteiger partial charge >= 0.3 is 0 Å². The topological polar surface area (TPSA) is 35.2 Å². The number of allylic oxidation sites excluding steroid dienone is 1. The zero-order valence-electron chi connectivity index (χ0n) is 9.37. The zero-order valence-corrected chi connectivity index (χ0v) is 9.37. The van der Waals surface area contributed by atoms with E-state index in [4.69, 9.17) is 10.5 Å². The van der Waals surface area contributed by atoms with E-state index in [2.05, 4.69) is 6.08 Å². The Bertz CT molecular complexity index is 268. The summed E-state index contributed by atoms with van der Waals surface area (Å²) in [4.78, 5) is 0. The highest BCUT2D eigenvalue weighted by Crippen LogP contribution is 2.24. The predicted octanol–water partition coefficient (Wildman–Crippen LogP) is 2.90. The summed E-state index contributed by atoms with van der Waals surface area (Å²) in [7, 11) is 0. The van der Waals surface area contributed by atoms with Gasteiger partial charge in [0.25, 0.3) is 0 Å². The number of hydrogen-bond donors (Lipinski definition) is 1. The molecule has 2 heteroatoms. The van der Waals surface area contributed by atoms with E-state index in [-0.39, 0.29) is 6.04 Å². The van der Waals surface area contributed by atoms with Crippen LogP contribution in [0.3, 0.4) is 0 Å². The van der Waals surface area contributed by atoms with Crippen LogP contribution in [-0.2, 0) is 4.74 Å². The lowest BCUT2D eigenvalue weighted by Crippen LogP contribution is -2.25. The van der Waals surface area contributed by atoms with Crippen molar-refractivity contribution in [3.8, 4) is 0 Å². The number of ether oxygens (including phenoxy) is 1. The van der Waals surface area contributed by atoms with Gasteiger partial charge in [0, 0.05) is 6.04 Å². The van der Waals surface area contributed by atoms with Gasteiger partial charge in [0.15, 0.2) is 0 Å². The molecule has 2 aliphatic rings. The second-order valence-electron chi connectivity index (χ2n) is 4.59. The van der Waals surface area contributed by atoms with Crippen molar-refractivity contribution in [1.82, 2.24) is 0 Å². The molecule has 0 aromatic carbocycles. The molecule has 2 nitrogen and oxygen atoms in total. The maximum absolute atomic E-state index is 6.19. The third kappa shape index (κ3) is 3.10. The second kappa shape index (κ2) is 5.36. The van der Waals surface area contributed by atoms with Crippen LogP contribution >= 0.6 is 0 Å². The highest BCUT2D eigenvalue weighted by atomic mass is 16.5. The van der Waals surface area contributed by atoms with E-state index in [1.807, 2.05) is 6.26 Å². The molecule has 2 rings (SSSR count). The molecule has 2 N–H and O–H groups in total. The normalized spacial score (nSPS) is 23.8. The Morgan fingerprint density at radius 3 is 2.87 bits per heavy atom. The van der Waals surface area contributed by atoms with Gasteiger partial charge in [-0.3, -0.25) is 0 Å². The minimum Gasteiger partial charge on any atom is -0.501 e. The summed E-state index contributed by atoms with van der Waals surface area (Å²) in [5.41, 5.74) is 9.04. The average molecular weight is 207 g/mol. The molecule has 0 saturated heterocycles. The number of hydrogen-bond acceptors (Lipinski definition) is 2. The monoisotopic (exact) mass is 207 g/mol. The quantitative estimate of drug-likeness (QED) is 0.722. The lowest BCUT2D eigenvalue weighted by atomic mass is 9.90. The Morgan fingerprint density at radius 2 is 2.20 bits per heavy atom. The molecular formula is C13H21NO. The Labute approximate surface area is 92.2 Å². The van der Waals surface area contributed by atoms with E-state index >= 15 is 0 Å². The fraction of sp³-hybridized carbons (Fsp3) is 0.692. The summed E-state index contributed by atoms with van der Waals surface area (Å²) >= 11 is 0. The van der Waals surface area contributed by atoms with Crippen molar-refractivity contribution in [1.29, 1.82) is 0 Å². The summed E-state index contributed by atoms with van der Waals surface area (Å²) in [5, 5.41) is 0. The summed E-state index contributed by atoms with van der Waals surface area (Å²) in [6, 6.07) is 0.189. The fourth-order valence-corrected chi connectivity index (χ4v) is 2.36. The van der Waals surface area contributed by atoms with Gasteiger partial charge in [0.2, 0.25) is 0 Å². The van der Waals surface area contributed by atoms with Crippen molar-refractivity contribution < 1.29 is 4.74 Å². The van der Waals surface area contributed by atoms with Crippen LogP contribution in [0.25, 0.3) is 0 Å². The van der Waals surface area contributed by atoms with Crippen LogP contribution in [0, 0.1) is 0 Å². The first kappa shape index (κ1) is 10.7. The number of rotatable bonds is 3. The SMILES string of the molecule is NC(CC1=CCCCC1)C1=COCCC1. The third-order valence-corrected chi connectivity index (χ3v) is 3.31. The van der Waals surface area contributed by atoms with E-state index < -0.39 is 0 Å². The molecular weight excluding hydrogens is 186 g/mol. The maximum Gasteiger partial charge on any atom is 0.0876 e. The van der Waals surface area contributed by atoms with E-state index in [9.17, 15) is 0 Å². The van der Waals surface area contributed by atoms with Gasteiger partial charge in [-0.1, -0.05) is 11.6 Å². The molecule has 0 bridgehead atoms. The Morgan fingerprint density at radius 1 is 1.27 bits per heavy atom. The smallest absolute Gasteiger partial charge is 0.0876 e. The fourth-order valence-electron chi connectivity index (χ4n) is 2.36. The second-order valence-corrected chi connectivity index (χ2v) is 4.59. The molecule has 1 atom stereocenters. The van der Waals surface area contributed by atoms with Gasteiger partial charge in [-0.05, 0) is 50.5 Å². The summed E-state index contributed by atoms with van der Waals surface area (Å²) in [6.07, 6.45) is 12.7. The van der Waals surface area contributed by atoms with Crippen molar-refractivity contribution in [2.45, 2.75) is 51.0 Å². The van der Waals surface area contributed by atoms with Gasteiger partial charge in [0.05, 0.1) is 12.9 Å². The van der Waals surface area contributed by atoms with Gasteiger partial charge in [-0.25, -0.2) is 0 Å². The minimum atomic E-state index is 0.189. The first-order valence-corrected chi connectivity index (χ1v) is 6.10. The van der Waals surface area contributed by atoms with Crippen molar-refractivity contribution in [2.24, 2.45) is 5.73 Å². The lowest BCUT2D eigenvalue weighted by Gasteiger charge is -2.22. The van der Waals surface area contributed by atoms with Gasteiger partial charge in [0.1, 0.15) is 0 Å². The van der Waals surface area contributed by atoms with Crippen molar-refractivity contribution in [2.75, 3.05) is 6.61 Å². The highest BCUT2D eigenvalue weighted by molar-refractivity contribution is 5.16. The maximum atomic E-state index is 6.19.